The third kappa shape index (κ3) is 1.47. The number of carbonyl (C=O) groups excluding carboxylic acids is 1. The average molecular weight is 152 g/mol. The van der Waals surface area contributed by atoms with Crippen LogP contribution < -0.4 is 0 Å². The van der Waals surface area contributed by atoms with Gasteiger partial charge in [0.15, 0.2) is 0 Å². The molecular weight excluding hydrogens is 136 g/mol. The summed E-state index contributed by atoms with van der Waals surface area (Å²) in [7, 11) is 0. The van der Waals surface area contributed by atoms with E-state index >= 15 is 0 Å². The summed E-state index contributed by atoms with van der Waals surface area (Å²) >= 11 is 0. The van der Waals surface area contributed by atoms with E-state index in [0.29, 0.717) is 11.7 Å². The fourth-order valence-electron chi connectivity index (χ4n) is 2.53. The van der Waals surface area contributed by atoms with Gasteiger partial charge < -0.3 is 0 Å². The van der Waals surface area contributed by atoms with Crippen molar-refractivity contribution in [3.05, 3.63) is 0 Å². The topological polar surface area (TPSA) is 17.1 Å². The average Bonchev–Trinajstić information content (AvgIpc) is 1.92. The number of rotatable bonds is 0. The summed E-state index contributed by atoms with van der Waals surface area (Å²) in [5, 5.41) is 0. The van der Waals surface area contributed by atoms with Crippen LogP contribution in [0.1, 0.15) is 44.9 Å². The van der Waals surface area contributed by atoms with Gasteiger partial charge in [-0.15, -0.1) is 0 Å². The minimum atomic E-state index is 0.464. The Morgan fingerprint density at radius 1 is 1.00 bits per heavy atom. The number of ketones is 1. The second kappa shape index (κ2) is 2.96. The van der Waals surface area contributed by atoms with E-state index in [0.717, 1.165) is 12.3 Å². The number of carbonyl (C=O) groups is 1. The maximum absolute atomic E-state index is 11.4. The predicted octanol–water partition coefficient (Wildman–Crippen LogP) is 2.55. The minimum Gasteiger partial charge on any atom is -0.299 e. The number of Topliss-reactive ketones (excluding diaryl/α,β-unsaturated/α-hetero) is 1. The normalized spacial score (nSPS) is 38.4. The third-order valence-corrected chi connectivity index (χ3v) is 3.28. The summed E-state index contributed by atoms with van der Waals surface area (Å²) in [5.74, 6) is 1.80. The van der Waals surface area contributed by atoms with Crippen LogP contribution in [0.5, 0.6) is 0 Å². The highest BCUT2D eigenvalue weighted by Gasteiger charge is 2.29. The number of hydrogen-bond donors (Lipinski definition) is 0. The summed E-state index contributed by atoms with van der Waals surface area (Å²) in [6.07, 6.45) is 8.61. The first-order valence-corrected chi connectivity index (χ1v) is 4.89. The van der Waals surface area contributed by atoms with Crippen molar-refractivity contribution >= 4 is 5.78 Å². The van der Waals surface area contributed by atoms with Crippen LogP contribution in [0.4, 0.5) is 0 Å². The van der Waals surface area contributed by atoms with Gasteiger partial charge in [0.25, 0.3) is 0 Å². The number of fused-ring (bicyclic) bond motifs is 5. The molecule has 2 bridgehead atoms. The molecule has 2 unspecified atom stereocenters. The van der Waals surface area contributed by atoms with E-state index < -0.39 is 0 Å². The van der Waals surface area contributed by atoms with Gasteiger partial charge in [-0.25, -0.2) is 0 Å². The molecule has 0 spiro atoms. The van der Waals surface area contributed by atoms with E-state index in [4.69, 9.17) is 0 Å². The Morgan fingerprint density at radius 3 is 2.64 bits per heavy atom. The summed E-state index contributed by atoms with van der Waals surface area (Å²) in [6.45, 7) is 0. The quantitative estimate of drug-likeness (QED) is 0.521. The Bertz CT molecular complexity index is 158. The van der Waals surface area contributed by atoms with E-state index in [2.05, 4.69) is 0 Å². The van der Waals surface area contributed by atoms with Crippen molar-refractivity contribution in [3.8, 4) is 0 Å². The van der Waals surface area contributed by atoms with Crippen molar-refractivity contribution in [2.45, 2.75) is 44.9 Å². The summed E-state index contributed by atoms with van der Waals surface area (Å²) in [4.78, 5) is 11.4. The van der Waals surface area contributed by atoms with E-state index in [1.165, 1.54) is 38.5 Å². The fourth-order valence-corrected chi connectivity index (χ4v) is 2.53. The molecule has 2 atom stereocenters. The summed E-state index contributed by atoms with van der Waals surface area (Å²) < 4.78 is 0. The van der Waals surface area contributed by atoms with Crippen molar-refractivity contribution in [2.24, 2.45) is 11.8 Å². The molecule has 3 fully saturated rings. The van der Waals surface area contributed by atoms with Crippen LogP contribution in [-0.2, 0) is 4.79 Å². The Morgan fingerprint density at radius 2 is 1.82 bits per heavy atom. The second-order valence-corrected chi connectivity index (χ2v) is 4.10. The molecule has 11 heavy (non-hydrogen) atoms. The Hall–Kier alpha value is -0.330. The van der Waals surface area contributed by atoms with Gasteiger partial charge >= 0.3 is 0 Å². The van der Waals surface area contributed by atoms with Gasteiger partial charge in [0.1, 0.15) is 5.78 Å². The molecule has 3 rings (SSSR count). The first kappa shape index (κ1) is 7.33. The standard InChI is InChI=1S/C10H16O/c11-10-7-8-3-1-2-4-9(10)6-5-8/h8-9H,1-7H2. The zero-order chi connectivity index (χ0) is 7.68. The Balaban J connectivity index is 2.07. The molecule has 3 aliphatic rings. The monoisotopic (exact) mass is 152 g/mol. The Kier molecular flexibility index (Phi) is 1.97. The van der Waals surface area contributed by atoms with E-state index in [1.54, 1.807) is 0 Å². The lowest BCUT2D eigenvalue weighted by Crippen LogP contribution is -2.26. The molecule has 3 aliphatic carbocycles. The molecular formula is C10H16O. The van der Waals surface area contributed by atoms with Crippen molar-refractivity contribution < 1.29 is 4.79 Å². The zero-order valence-electron chi connectivity index (χ0n) is 7.01. The smallest absolute Gasteiger partial charge is 0.136 e. The molecule has 0 aromatic heterocycles. The number of hydrogen-bond acceptors (Lipinski definition) is 1. The summed E-state index contributed by atoms with van der Waals surface area (Å²) in [6, 6.07) is 0. The third-order valence-electron chi connectivity index (χ3n) is 3.28. The van der Waals surface area contributed by atoms with Crippen LogP contribution in [0.2, 0.25) is 0 Å². The van der Waals surface area contributed by atoms with Gasteiger partial charge in [-0.3, -0.25) is 4.79 Å². The molecule has 1 heteroatoms. The first-order chi connectivity index (χ1) is 5.36. The maximum Gasteiger partial charge on any atom is 0.136 e. The molecule has 1 nitrogen and oxygen atoms in total. The van der Waals surface area contributed by atoms with Crippen LogP contribution in [0, 0.1) is 11.8 Å². The van der Waals surface area contributed by atoms with Gasteiger partial charge in [-0.2, -0.15) is 0 Å². The Labute approximate surface area is 68.2 Å². The summed E-state index contributed by atoms with van der Waals surface area (Å²) in [5.41, 5.74) is 0. The molecule has 0 aromatic rings. The first-order valence-electron chi connectivity index (χ1n) is 4.89. The van der Waals surface area contributed by atoms with E-state index in [1.807, 2.05) is 0 Å². The molecule has 0 heterocycles. The van der Waals surface area contributed by atoms with Crippen molar-refractivity contribution in [2.75, 3.05) is 0 Å². The lowest BCUT2D eigenvalue weighted by atomic mass is 9.74. The van der Waals surface area contributed by atoms with E-state index in [-0.39, 0.29) is 0 Å². The van der Waals surface area contributed by atoms with Gasteiger partial charge in [0.05, 0.1) is 0 Å². The van der Waals surface area contributed by atoms with Crippen LogP contribution in [0.15, 0.2) is 0 Å². The van der Waals surface area contributed by atoms with Crippen LogP contribution in [-0.4, -0.2) is 5.78 Å². The predicted molar refractivity (Wildman–Crippen MR) is 44.3 cm³/mol. The second-order valence-electron chi connectivity index (χ2n) is 4.10. The lowest BCUT2D eigenvalue weighted by Gasteiger charge is -2.30. The molecule has 0 aromatic carbocycles. The molecule has 3 saturated carbocycles. The van der Waals surface area contributed by atoms with E-state index in [9.17, 15) is 4.79 Å². The highest BCUT2D eigenvalue weighted by atomic mass is 16.1. The molecule has 0 aliphatic heterocycles. The van der Waals surface area contributed by atoms with Crippen LogP contribution >= 0.6 is 0 Å². The SMILES string of the molecule is O=C1CC2CCCCC1CC2. The minimum absolute atomic E-state index is 0.464. The molecule has 0 saturated heterocycles. The highest BCUT2D eigenvalue weighted by Crippen LogP contribution is 2.35. The van der Waals surface area contributed by atoms with Gasteiger partial charge in [0.2, 0.25) is 0 Å². The van der Waals surface area contributed by atoms with Crippen LogP contribution in [0.3, 0.4) is 0 Å². The van der Waals surface area contributed by atoms with Crippen molar-refractivity contribution in [1.29, 1.82) is 0 Å². The van der Waals surface area contributed by atoms with Gasteiger partial charge in [0, 0.05) is 12.3 Å². The fraction of sp³-hybridized carbons (Fsp3) is 0.900. The van der Waals surface area contributed by atoms with Crippen molar-refractivity contribution in [1.82, 2.24) is 0 Å². The largest absolute Gasteiger partial charge is 0.299 e. The molecule has 0 amide bonds. The molecule has 62 valence electrons. The zero-order valence-corrected chi connectivity index (χ0v) is 7.01. The van der Waals surface area contributed by atoms with Gasteiger partial charge in [-0.05, 0) is 25.2 Å². The van der Waals surface area contributed by atoms with Gasteiger partial charge in [-0.1, -0.05) is 19.3 Å². The van der Waals surface area contributed by atoms with Crippen molar-refractivity contribution in [3.63, 3.8) is 0 Å². The molecule has 0 N–H and O–H groups in total. The highest BCUT2D eigenvalue weighted by molar-refractivity contribution is 5.81. The molecule has 0 radical (unpaired) electrons. The van der Waals surface area contributed by atoms with Crippen LogP contribution in [0.25, 0.3) is 0 Å². The lowest BCUT2D eigenvalue weighted by molar-refractivity contribution is -0.126. The maximum atomic E-state index is 11.4.